The number of carbonyl (C=O) groups excluding carboxylic acids is 1. The number of nitrogens with zero attached hydrogens (tertiary/aromatic N) is 2. The van der Waals surface area contributed by atoms with Crippen molar-refractivity contribution in [3.8, 4) is 0 Å². The first kappa shape index (κ1) is 14.6. The molecule has 0 unspecified atom stereocenters. The molecule has 1 aromatic heterocycles. The van der Waals surface area contributed by atoms with Gasteiger partial charge in [0.1, 0.15) is 0 Å². The first-order valence-electron chi connectivity index (χ1n) is 6.47. The van der Waals surface area contributed by atoms with Crippen molar-refractivity contribution in [2.45, 2.75) is 38.6 Å². The predicted molar refractivity (Wildman–Crippen MR) is 73.1 cm³/mol. The number of hydrogen-bond donors (Lipinski definition) is 1. The smallest absolute Gasteiger partial charge is 0.242 e. The van der Waals surface area contributed by atoms with E-state index in [1.54, 1.807) is 17.3 Å². The number of hydrogen-bond acceptors (Lipinski definition) is 3. The van der Waals surface area contributed by atoms with E-state index in [0.717, 1.165) is 6.42 Å². The van der Waals surface area contributed by atoms with Crippen LogP contribution < -0.4 is 5.73 Å². The summed E-state index contributed by atoms with van der Waals surface area (Å²) in [5.74, 6) is 0.0292. The number of pyridine rings is 1. The van der Waals surface area contributed by atoms with Gasteiger partial charge in [0.15, 0.2) is 0 Å². The number of likely N-dealkylation sites (N-methyl/N-ethyl adjacent to an activating group) is 1. The Morgan fingerprint density at radius 2 is 1.89 bits per heavy atom. The van der Waals surface area contributed by atoms with Crippen molar-refractivity contribution >= 4 is 5.91 Å². The van der Waals surface area contributed by atoms with Crippen LogP contribution in [-0.2, 0) is 11.2 Å². The molecule has 4 nitrogen and oxygen atoms in total. The van der Waals surface area contributed by atoms with Crippen LogP contribution in [0.15, 0.2) is 24.5 Å². The van der Waals surface area contributed by atoms with Gasteiger partial charge in [-0.1, -0.05) is 13.8 Å². The Bertz CT molecular complexity index is 374. The predicted octanol–water partition coefficient (Wildman–Crippen LogP) is 1.60. The molecule has 0 fully saturated rings. The van der Waals surface area contributed by atoms with Crippen molar-refractivity contribution < 1.29 is 4.79 Å². The van der Waals surface area contributed by atoms with E-state index in [0.29, 0.717) is 19.4 Å². The van der Waals surface area contributed by atoms with Gasteiger partial charge in [-0.25, -0.2) is 0 Å². The average Bonchev–Trinajstić information content (AvgIpc) is 2.44. The molecule has 0 aromatic carbocycles. The Hall–Kier alpha value is -1.42. The van der Waals surface area contributed by atoms with Crippen molar-refractivity contribution in [3.63, 3.8) is 0 Å². The first-order valence-corrected chi connectivity index (χ1v) is 6.47. The van der Waals surface area contributed by atoms with Crippen LogP contribution in [0.5, 0.6) is 0 Å². The zero-order valence-electron chi connectivity index (χ0n) is 11.5. The molecule has 0 aliphatic carbocycles. The second kappa shape index (κ2) is 6.50. The molecule has 1 aromatic rings. The zero-order chi connectivity index (χ0) is 13.6. The molecule has 18 heavy (non-hydrogen) atoms. The highest BCUT2D eigenvalue weighted by Gasteiger charge is 2.32. The Kier molecular flexibility index (Phi) is 5.28. The maximum Gasteiger partial charge on any atom is 0.242 e. The third kappa shape index (κ3) is 3.53. The Morgan fingerprint density at radius 1 is 1.33 bits per heavy atom. The first-order chi connectivity index (χ1) is 8.53. The molecular formula is C14H23N3O. The highest BCUT2D eigenvalue weighted by molar-refractivity contribution is 5.85. The molecule has 2 N–H and O–H groups in total. The minimum atomic E-state index is -0.715. The highest BCUT2D eigenvalue weighted by atomic mass is 16.2. The fraction of sp³-hybridized carbons (Fsp3) is 0.571. The lowest BCUT2D eigenvalue weighted by molar-refractivity contribution is -0.135. The summed E-state index contributed by atoms with van der Waals surface area (Å²) in [4.78, 5) is 17.9. The summed E-state index contributed by atoms with van der Waals surface area (Å²) in [6, 6.07) is 3.93. The second-order valence-electron chi connectivity index (χ2n) is 4.70. The lowest BCUT2D eigenvalue weighted by Gasteiger charge is -2.30. The van der Waals surface area contributed by atoms with Crippen LogP contribution in [0.25, 0.3) is 0 Å². The highest BCUT2D eigenvalue weighted by Crippen LogP contribution is 2.14. The van der Waals surface area contributed by atoms with Crippen LogP contribution >= 0.6 is 0 Å². The van der Waals surface area contributed by atoms with Crippen molar-refractivity contribution in [2.75, 3.05) is 13.6 Å². The summed E-state index contributed by atoms with van der Waals surface area (Å²) in [6.45, 7) is 4.60. The van der Waals surface area contributed by atoms with E-state index in [1.807, 2.05) is 33.0 Å². The van der Waals surface area contributed by atoms with Crippen molar-refractivity contribution in [3.05, 3.63) is 30.1 Å². The second-order valence-corrected chi connectivity index (χ2v) is 4.70. The van der Waals surface area contributed by atoms with Gasteiger partial charge >= 0.3 is 0 Å². The minimum absolute atomic E-state index is 0.0292. The van der Waals surface area contributed by atoms with Gasteiger partial charge in [-0.3, -0.25) is 9.78 Å². The molecule has 1 rings (SSSR count). The number of amides is 1. The molecular weight excluding hydrogens is 226 g/mol. The molecule has 0 saturated carbocycles. The lowest BCUT2D eigenvalue weighted by atomic mass is 9.92. The molecule has 0 atom stereocenters. The normalized spacial score (nSPS) is 11.3. The summed E-state index contributed by atoms with van der Waals surface area (Å²) >= 11 is 0. The summed E-state index contributed by atoms with van der Waals surface area (Å²) in [5.41, 5.74) is 6.57. The lowest BCUT2D eigenvalue weighted by Crippen LogP contribution is -2.53. The Balaban J connectivity index is 2.55. The maximum absolute atomic E-state index is 12.2. The Morgan fingerprint density at radius 3 is 2.39 bits per heavy atom. The van der Waals surface area contributed by atoms with E-state index in [-0.39, 0.29) is 5.91 Å². The number of aromatic nitrogens is 1. The van der Waals surface area contributed by atoms with Crippen LogP contribution in [0.2, 0.25) is 0 Å². The molecule has 0 aliphatic rings. The molecule has 1 heterocycles. The van der Waals surface area contributed by atoms with Crippen LogP contribution in [0.1, 0.15) is 32.3 Å². The van der Waals surface area contributed by atoms with E-state index >= 15 is 0 Å². The van der Waals surface area contributed by atoms with Crippen LogP contribution in [-0.4, -0.2) is 34.9 Å². The molecule has 0 saturated heterocycles. The van der Waals surface area contributed by atoms with Gasteiger partial charge in [-0.05, 0) is 37.0 Å². The molecule has 1 amide bonds. The summed E-state index contributed by atoms with van der Waals surface area (Å²) in [6.07, 6.45) is 5.70. The van der Waals surface area contributed by atoms with Crippen LogP contribution in [0.4, 0.5) is 0 Å². The molecule has 0 bridgehead atoms. The van der Waals surface area contributed by atoms with Crippen LogP contribution in [0.3, 0.4) is 0 Å². The molecule has 4 heteroatoms. The largest absolute Gasteiger partial charge is 0.344 e. The summed E-state index contributed by atoms with van der Waals surface area (Å²) < 4.78 is 0. The van der Waals surface area contributed by atoms with Crippen LogP contribution in [0, 0.1) is 0 Å². The van der Waals surface area contributed by atoms with E-state index in [2.05, 4.69) is 4.98 Å². The maximum atomic E-state index is 12.2. The monoisotopic (exact) mass is 249 g/mol. The number of carbonyl (C=O) groups is 1. The molecule has 100 valence electrons. The Labute approximate surface area is 109 Å². The zero-order valence-corrected chi connectivity index (χ0v) is 11.5. The van der Waals surface area contributed by atoms with E-state index in [1.165, 1.54) is 5.56 Å². The third-order valence-corrected chi connectivity index (χ3v) is 3.52. The van der Waals surface area contributed by atoms with Gasteiger partial charge in [0, 0.05) is 26.0 Å². The standard InChI is InChI=1S/C14H23N3O/c1-4-14(15,5-2)13(18)17(3)11-8-12-6-9-16-10-7-12/h6-7,9-10H,4-5,8,11,15H2,1-3H3. The van der Waals surface area contributed by atoms with E-state index < -0.39 is 5.54 Å². The fourth-order valence-corrected chi connectivity index (χ4v) is 1.88. The van der Waals surface area contributed by atoms with Gasteiger partial charge in [-0.2, -0.15) is 0 Å². The summed E-state index contributed by atoms with van der Waals surface area (Å²) in [5, 5.41) is 0. The SMILES string of the molecule is CCC(N)(CC)C(=O)N(C)CCc1ccncc1. The third-order valence-electron chi connectivity index (χ3n) is 3.52. The van der Waals surface area contributed by atoms with Crippen molar-refractivity contribution in [1.82, 2.24) is 9.88 Å². The van der Waals surface area contributed by atoms with E-state index in [9.17, 15) is 4.79 Å². The molecule has 0 radical (unpaired) electrons. The minimum Gasteiger partial charge on any atom is -0.344 e. The van der Waals surface area contributed by atoms with Gasteiger partial charge in [0.2, 0.25) is 5.91 Å². The van der Waals surface area contributed by atoms with Crippen molar-refractivity contribution in [2.24, 2.45) is 5.73 Å². The fourth-order valence-electron chi connectivity index (χ4n) is 1.88. The number of nitrogens with two attached hydrogens (primary N) is 1. The average molecular weight is 249 g/mol. The summed E-state index contributed by atoms with van der Waals surface area (Å²) in [7, 11) is 1.82. The van der Waals surface area contributed by atoms with Gasteiger partial charge in [0.05, 0.1) is 5.54 Å². The molecule has 0 spiro atoms. The van der Waals surface area contributed by atoms with Gasteiger partial charge < -0.3 is 10.6 Å². The number of rotatable bonds is 6. The molecule has 0 aliphatic heterocycles. The van der Waals surface area contributed by atoms with Gasteiger partial charge in [-0.15, -0.1) is 0 Å². The topological polar surface area (TPSA) is 59.2 Å². The quantitative estimate of drug-likeness (QED) is 0.833. The van der Waals surface area contributed by atoms with Crippen molar-refractivity contribution in [1.29, 1.82) is 0 Å². The van der Waals surface area contributed by atoms with E-state index in [4.69, 9.17) is 5.73 Å². The van der Waals surface area contributed by atoms with Gasteiger partial charge in [0.25, 0.3) is 0 Å².